The Balaban J connectivity index is 2.56. The van der Waals surface area contributed by atoms with Crippen LogP contribution in [0.1, 0.15) is 52.9 Å². The van der Waals surface area contributed by atoms with Crippen LogP contribution in [-0.2, 0) is 10.8 Å². The van der Waals surface area contributed by atoms with Crippen LogP contribution in [0.15, 0.2) is 0 Å². The topological polar surface area (TPSA) is 29.1 Å². The Bertz CT molecular complexity index is 220. The Kier molecular flexibility index (Phi) is 6.59. The maximum absolute atomic E-state index is 12.1. The van der Waals surface area contributed by atoms with Crippen molar-refractivity contribution < 1.29 is 4.21 Å². The summed E-state index contributed by atoms with van der Waals surface area (Å²) in [7, 11) is -0.632. The largest absolute Gasteiger partial charge is 0.313 e. The van der Waals surface area contributed by atoms with Gasteiger partial charge in [0.15, 0.2) is 0 Å². The van der Waals surface area contributed by atoms with Gasteiger partial charge in [-0.15, -0.1) is 0 Å². The highest BCUT2D eigenvalue weighted by molar-refractivity contribution is 7.85. The molecular formula is C13H27NOS. The summed E-state index contributed by atoms with van der Waals surface area (Å²) in [6.45, 7) is 7.56. The average Bonchev–Trinajstić information content (AvgIpc) is 2.35. The Hall–Kier alpha value is 0.110. The van der Waals surface area contributed by atoms with E-state index in [-0.39, 0.29) is 0 Å². The molecule has 0 aliphatic heterocycles. The zero-order valence-electron chi connectivity index (χ0n) is 11.0. The van der Waals surface area contributed by atoms with Crippen LogP contribution in [0.4, 0.5) is 0 Å². The molecule has 0 amide bonds. The van der Waals surface area contributed by atoms with E-state index in [1.54, 1.807) is 0 Å². The standard InChI is InChI=1S/C13H27NOS/c1-4-9-14-12-8-7-11(5-2)10-13(12)16(15)6-3/h11-14H,4-10H2,1-3H3. The Morgan fingerprint density at radius 1 is 1.25 bits per heavy atom. The van der Waals surface area contributed by atoms with Gasteiger partial charge in [0, 0.05) is 22.6 Å². The van der Waals surface area contributed by atoms with Gasteiger partial charge >= 0.3 is 0 Å². The first-order valence-electron chi connectivity index (χ1n) is 6.83. The van der Waals surface area contributed by atoms with Crippen molar-refractivity contribution in [1.82, 2.24) is 5.32 Å². The number of hydrogen-bond acceptors (Lipinski definition) is 2. The monoisotopic (exact) mass is 245 g/mol. The molecule has 0 saturated heterocycles. The van der Waals surface area contributed by atoms with Crippen molar-refractivity contribution in [3.05, 3.63) is 0 Å². The molecule has 4 unspecified atom stereocenters. The predicted molar refractivity (Wildman–Crippen MR) is 72.2 cm³/mol. The number of nitrogens with one attached hydrogen (secondary N) is 1. The van der Waals surface area contributed by atoms with Crippen molar-refractivity contribution in [3.8, 4) is 0 Å². The van der Waals surface area contributed by atoms with E-state index >= 15 is 0 Å². The summed E-state index contributed by atoms with van der Waals surface area (Å²) in [6.07, 6.45) is 6.11. The smallest absolute Gasteiger partial charge is 0.0503 e. The van der Waals surface area contributed by atoms with Crippen LogP contribution in [0.5, 0.6) is 0 Å². The van der Waals surface area contributed by atoms with Crippen LogP contribution in [0.3, 0.4) is 0 Å². The zero-order chi connectivity index (χ0) is 12.0. The van der Waals surface area contributed by atoms with Gasteiger partial charge in [0.05, 0.1) is 5.25 Å². The molecule has 2 nitrogen and oxygen atoms in total. The van der Waals surface area contributed by atoms with Crippen molar-refractivity contribution in [2.75, 3.05) is 12.3 Å². The minimum Gasteiger partial charge on any atom is -0.313 e. The van der Waals surface area contributed by atoms with E-state index in [0.29, 0.717) is 11.3 Å². The van der Waals surface area contributed by atoms with Crippen LogP contribution in [0, 0.1) is 5.92 Å². The highest BCUT2D eigenvalue weighted by atomic mass is 32.2. The molecule has 3 heteroatoms. The number of hydrogen-bond donors (Lipinski definition) is 1. The predicted octanol–water partition coefficient (Wildman–Crippen LogP) is 2.70. The lowest BCUT2D eigenvalue weighted by Gasteiger charge is -2.35. The second kappa shape index (κ2) is 7.44. The van der Waals surface area contributed by atoms with E-state index in [9.17, 15) is 4.21 Å². The Labute approximate surface area is 103 Å². The first-order valence-corrected chi connectivity index (χ1v) is 8.21. The molecule has 0 bridgehead atoms. The van der Waals surface area contributed by atoms with Gasteiger partial charge in [-0.25, -0.2) is 0 Å². The molecule has 0 heterocycles. The third-order valence-corrected chi connectivity index (χ3v) is 5.52. The Morgan fingerprint density at radius 3 is 2.56 bits per heavy atom. The lowest BCUT2D eigenvalue weighted by molar-refractivity contribution is 0.292. The molecule has 1 saturated carbocycles. The van der Waals surface area contributed by atoms with Gasteiger partial charge in [-0.3, -0.25) is 4.21 Å². The van der Waals surface area contributed by atoms with Crippen LogP contribution in [-0.4, -0.2) is 27.8 Å². The van der Waals surface area contributed by atoms with Crippen LogP contribution >= 0.6 is 0 Å². The van der Waals surface area contributed by atoms with Crippen molar-refractivity contribution in [1.29, 1.82) is 0 Å². The van der Waals surface area contributed by atoms with Gasteiger partial charge < -0.3 is 5.32 Å². The summed E-state index contributed by atoms with van der Waals surface area (Å²) in [5.41, 5.74) is 0. The molecule has 0 aromatic heterocycles. The molecule has 0 spiro atoms. The normalized spacial score (nSPS) is 32.6. The third kappa shape index (κ3) is 3.85. The van der Waals surface area contributed by atoms with Gasteiger partial charge in [0.25, 0.3) is 0 Å². The van der Waals surface area contributed by atoms with Crippen LogP contribution in [0.2, 0.25) is 0 Å². The molecule has 1 N–H and O–H groups in total. The van der Waals surface area contributed by atoms with E-state index in [1.165, 1.54) is 32.1 Å². The zero-order valence-corrected chi connectivity index (χ0v) is 11.8. The van der Waals surface area contributed by atoms with Crippen molar-refractivity contribution >= 4 is 10.8 Å². The summed E-state index contributed by atoms with van der Waals surface area (Å²) in [4.78, 5) is 0. The highest BCUT2D eigenvalue weighted by Crippen LogP contribution is 2.30. The summed E-state index contributed by atoms with van der Waals surface area (Å²) in [6, 6.07) is 0.503. The van der Waals surface area contributed by atoms with E-state index in [0.717, 1.165) is 18.2 Å². The fourth-order valence-corrected chi connectivity index (χ4v) is 4.16. The SMILES string of the molecule is CCCNC1CCC(CC)CC1S(=O)CC. The molecule has 1 rings (SSSR count). The molecule has 1 aliphatic carbocycles. The highest BCUT2D eigenvalue weighted by Gasteiger charge is 2.32. The maximum Gasteiger partial charge on any atom is 0.0503 e. The summed E-state index contributed by atoms with van der Waals surface area (Å²) >= 11 is 0. The van der Waals surface area contributed by atoms with Crippen molar-refractivity contribution in [2.24, 2.45) is 5.92 Å². The average molecular weight is 245 g/mol. The van der Waals surface area contributed by atoms with Crippen LogP contribution in [0.25, 0.3) is 0 Å². The minimum absolute atomic E-state index is 0.398. The van der Waals surface area contributed by atoms with Gasteiger partial charge in [-0.05, 0) is 38.1 Å². The molecule has 4 atom stereocenters. The second-order valence-corrected chi connectivity index (χ2v) is 6.80. The fraction of sp³-hybridized carbons (Fsp3) is 1.00. The van der Waals surface area contributed by atoms with E-state index in [2.05, 4.69) is 19.2 Å². The summed E-state index contributed by atoms with van der Waals surface area (Å²) < 4.78 is 12.1. The van der Waals surface area contributed by atoms with Gasteiger partial charge in [-0.2, -0.15) is 0 Å². The molecule has 96 valence electrons. The van der Waals surface area contributed by atoms with Crippen molar-refractivity contribution in [3.63, 3.8) is 0 Å². The van der Waals surface area contributed by atoms with E-state index in [4.69, 9.17) is 0 Å². The van der Waals surface area contributed by atoms with Gasteiger partial charge in [0.2, 0.25) is 0 Å². The molecular weight excluding hydrogens is 218 g/mol. The molecule has 16 heavy (non-hydrogen) atoms. The third-order valence-electron chi connectivity index (χ3n) is 3.76. The van der Waals surface area contributed by atoms with Crippen molar-refractivity contribution in [2.45, 2.75) is 64.2 Å². The molecule has 1 aliphatic rings. The van der Waals surface area contributed by atoms with E-state index < -0.39 is 10.8 Å². The quantitative estimate of drug-likeness (QED) is 0.779. The van der Waals surface area contributed by atoms with Gasteiger partial charge in [0.1, 0.15) is 0 Å². The summed E-state index contributed by atoms with van der Waals surface area (Å²) in [5, 5.41) is 3.99. The molecule has 0 aromatic rings. The lowest BCUT2D eigenvalue weighted by atomic mass is 9.84. The second-order valence-electron chi connectivity index (χ2n) is 4.86. The van der Waals surface area contributed by atoms with Gasteiger partial charge in [-0.1, -0.05) is 27.2 Å². The van der Waals surface area contributed by atoms with E-state index in [1.807, 2.05) is 6.92 Å². The molecule has 0 radical (unpaired) electrons. The first-order chi connectivity index (χ1) is 7.72. The fourth-order valence-electron chi connectivity index (χ4n) is 2.65. The number of rotatable bonds is 6. The summed E-state index contributed by atoms with van der Waals surface area (Å²) in [5.74, 6) is 1.62. The molecule has 1 fully saturated rings. The Morgan fingerprint density at radius 2 is 2.00 bits per heavy atom. The first kappa shape index (κ1) is 14.2. The molecule has 0 aromatic carbocycles. The van der Waals surface area contributed by atoms with Crippen LogP contribution < -0.4 is 5.32 Å². The maximum atomic E-state index is 12.1. The lowest BCUT2D eigenvalue weighted by Crippen LogP contribution is -2.46. The minimum atomic E-state index is -0.632.